The molecule has 6 nitrogen and oxygen atoms in total. The first-order chi connectivity index (χ1) is 9.28. The number of nitrogens with zero attached hydrogens (tertiary/aromatic N) is 3. The number of nitrogens with one attached hydrogen (secondary N) is 1. The molecule has 0 saturated heterocycles. The van der Waals surface area contributed by atoms with Gasteiger partial charge in [-0.05, 0) is 31.2 Å². The van der Waals surface area contributed by atoms with Crippen LogP contribution in [0.5, 0.6) is 5.75 Å². The Morgan fingerprint density at radius 2 is 2.32 bits per heavy atom. The molecule has 6 heteroatoms. The van der Waals surface area contributed by atoms with Gasteiger partial charge in [-0.15, -0.1) is 0 Å². The Labute approximate surface area is 108 Å². The molecule has 3 rings (SSSR count). The molecule has 2 aromatic heterocycles. The quantitative estimate of drug-likeness (QED) is 0.770. The van der Waals surface area contributed by atoms with Crippen molar-refractivity contribution in [3.05, 3.63) is 47.0 Å². The first kappa shape index (κ1) is 11.5. The molecule has 0 unspecified atom stereocenters. The minimum atomic E-state index is -0.211. The molecule has 3 aromatic rings. The molecular formula is C13H12N4O2. The second-order valence-corrected chi connectivity index (χ2v) is 3.95. The average molecular weight is 256 g/mol. The molecule has 0 fully saturated rings. The number of ether oxygens (including phenoxy) is 1. The van der Waals surface area contributed by atoms with E-state index in [0.29, 0.717) is 29.2 Å². The summed E-state index contributed by atoms with van der Waals surface area (Å²) in [5, 5.41) is 4.54. The fraction of sp³-hybridized carbons (Fsp3) is 0.154. The van der Waals surface area contributed by atoms with Crippen molar-refractivity contribution < 1.29 is 4.74 Å². The zero-order valence-corrected chi connectivity index (χ0v) is 10.3. The van der Waals surface area contributed by atoms with Crippen LogP contribution in [0.1, 0.15) is 6.92 Å². The van der Waals surface area contributed by atoms with Gasteiger partial charge < -0.3 is 4.74 Å². The Morgan fingerprint density at radius 1 is 1.42 bits per heavy atom. The van der Waals surface area contributed by atoms with Gasteiger partial charge in [-0.3, -0.25) is 9.78 Å². The number of aromatic nitrogens is 4. The second-order valence-electron chi connectivity index (χ2n) is 3.95. The maximum absolute atomic E-state index is 12.1. The van der Waals surface area contributed by atoms with Crippen LogP contribution in [0, 0.1) is 0 Å². The minimum absolute atomic E-state index is 0.211. The van der Waals surface area contributed by atoms with E-state index in [9.17, 15) is 4.79 Å². The van der Waals surface area contributed by atoms with E-state index in [0.717, 1.165) is 0 Å². The minimum Gasteiger partial charge on any atom is -0.494 e. The van der Waals surface area contributed by atoms with Crippen LogP contribution in [-0.4, -0.2) is 26.4 Å². The highest BCUT2D eigenvalue weighted by atomic mass is 16.5. The Balaban J connectivity index is 2.17. The third kappa shape index (κ3) is 2.08. The Bertz CT molecular complexity index is 762. The lowest BCUT2D eigenvalue weighted by Crippen LogP contribution is -2.13. The van der Waals surface area contributed by atoms with Crippen LogP contribution in [0.25, 0.3) is 16.9 Å². The van der Waals surface area contributed by atoms with E-state index in [1.54, 1.807) is 36.7 Å². The molecule has 0 saturated carbocycles. The molecular weight excluding hydrogens is 244 g/mol. The van der Waals surface area contributed by atoms with Gasteiger partial charge in [-0.25, -0.2) is 9.67 Å². The van der Waals surface area contributed by atoms with E-state index in [2.05, 4.69) is 15.1 Å². The molecule has 0 atom stereocenters. The fourth-order valence-electron chi connectivity index (χ4n) is 1.86. The van der Waals surface area contributed by atoms with E-state index < -0.39 is 0 Å². The summed E-state index contributed by atoms with van der Waals surface area (Å²) in [4.78, 5) is 19.1. The largest absolute Gasteiger partial charge is 0.494 e. The van der Waals surface area contributed by atoms with Gasteiger partial charge >= 0.3 is 0 Å². The molecule has 0 amide bonds. The zero-order chi connectivity index (χ0) is 13.2. The molecule has 0 spiro atoms. The molecule has 0 bridgehead atoms. The lowest BCUT2D eigenvalue weighted by Gasteiger charge is -2.05. The highest BCUT2D eigenvalue weighted by Crippen LogP contribution is 2.17. The Kier molecular flexibility index (Phi) is 2.75. The highest BCUT2D eigenvalue weighted by Gasteiger charge is 2.06. The van der Waals surface area contributed by atoms with Crippen molar-refractivity contribution in [1.29, 1.82) is 0 Å². The standard InChI is InChI=1S/C13H12N4O2/c1-2-19-9-4-5-11-10(8-9)12(18)16-13(15-11)17-7-3-6-14-17/h3-8H,2H2,1H3,(H,15,16,18). The number of aromatic amines is 1. The van der Waals surface area contributed by atoms with Crippen molar-refractivity contribution >= 4 is 10.9 Å². The SMILES string of the molecule is CCOc1ccc2nc(-n3cccn3)[nH]c(=O)c2c1. The normalized spacial score (nSPS) is 10.8. The summed E-state index contributed by atoms with van der Waals surface area (Å²) in [5.74, 6) is 1.06. The van der Waals surface area contributed by atoms with Gasteiger partial charge in [-0.1, -0.05) is 0 Å². The fourth-order valence-corrected chi connectivity index (χ4v) is 1.86. The van der Waals surface area contributed by atoms with Crippen LogP contribution in [0.4, 0.5) is 0 Å². The molecule has 2 heterocycles. The number of hydrogen-bond acceptors (Lipinski definition) is 4. The van der Waals surface area contributed by atoms with Crippen molar-refractivity contribution in [2.45, 2.75) is 6.92 Å². The first-order valence-electron chi connectivity index (χ1n) is 5.95. The van der Waals surface area contributed by atoms with Gasteiger partial charge in [0.15, 0.2) is 0 Å². The summed E-state index contributed by atoms with van der Waals surface area (Å²) >= 11 is 0. The Morgan fingerprint density at radius 3 is 3.05 bits per heavy atom. The number of hydrogen-bond donors (Lipinski definition) is 1. The van der Waals surface area contributed by atoms with Crippen molar-refractivity contribution in [3.63, 3.8) is 0 Å². The Hall–Kier alpha value is -2.63. The number of rotatable bonds is 3. The van der Waals surface area contributed by atoms with Crippen LogP contribution >= 0.6 is 0 Å². The van der Waals surface area contributed by atoms with Crippen LogP contribution in [0.15, 0.2) is 41.5 Å². The van der Waals surface area contributed by atoms with Crippen molar-refractivity contribution in [2.75, 3.05) is 6.61 Å². The first-order valence-corrected chi connectivity index (χ1v) is 5.95. The van der Waals surface area contributed by atoms with E-state index in [1.165, 1.54) is 4.68 Å². The van der Waals surface area contributed by atoms with E-state index in [4.69, 9.17) is 4.74 Å². The third-order valence-electron chi connectivity index (χ3n) is 2.70. The van der Waals surface area contributed by atoms with E-state index >= 15 is 0 Å². The number of benzene rings is 1. The molecule has 0 aliphatic heterocycles. The van der Waals surface area contributed by atoms with Gasteiger partial charge in [-0.2, -0.15) is 5.10 Å². The predicted octanol–water partition coefficient (Wildman–Crippen LogP) is 1.51. The third-order valence-corrected chi connectivity index (χ3v) is 2.70. The molecule has 96 valence electrons. The van der Waals surface area contributed by atoms with Crippen molar-refractivity contribution in [3.8, 4) is 11.7 Å². The lowest BCUT2D eigenvalue weighted by atomic mass is 10.2. The van der Waals surface area contributed by atoms with Crippen molar-refractivity contribution in [1.82, 2.24) is 19.7 Å². The summed E-state index contributed by atoms with van der Waals surface area (Å²) in [6.45, 7) is 2.45. The van der Waals surface area contributed by atoms with Gasteiger partial charge in [0.05, 0.1) is 17.5 Å². The summed E-state index contributed by atoms with van der Waals surface area (Å²) < 4.78 is 6.88. The lowest BCUT2D eigenvalue weighted by molar-refractivity contribution is 0.340. The highest BCUT2D eigenvalue weighted by molar-refractivity contribution is 5.79. The van der Waals surface area contributed by atoms with Gasteiger partial charge in [0.1, 0.15) is 5.75 Å². The van der Waals surface area contributed by atoms with E-state index in [-0.39, 0.29) is 5.56 Å². The van der Waals surface area contributed by atoms with Crippen LogP contribution < -0.4 is 10.3 Å². The average Bonchev–Trinajstić information content (AvgIpc) is 2.93. The number of H-pyrrole nitrogens is 1. The van der Waals surface area contributed by atoms with Gasteiger partial charge in [0, 0.05) is 12.4 Å². The van der Waals surface area contributed by atoms with Crippen LogP contribution in [0.3, 0.4) is 0 Å². The van der Waals surface area contributed by atoms with Crippen LogP contribution in [-0.2, 0) is 0 Å². The van der Waals surface area contributed by atoms with Gasteiger partial charge in [0.25, 0.3) is 5.56 Å². The summed E-state index contributed by atoms with van der Waals surface area (Å²) in [6.07, 6.45) is 3.35. The molecule has 0 radical (unpaired) electrons. The van der Waals surface area contributed by atoms with E-state index in [1.807, 2.05) is 6.92 Å². The summed E-state index contributed by atoms with van der Waals surface area (Å²) in [7, 11) is 0. The molecule has 0 aliphatic carbocycles. The monoisotopic (exact) mass is 256 g/mol. The molecule has 0 aliphatic rings. The summed E-state index contributed by atoms with van der Waals surface area (Å²) in [5.41, 5.74) is 0.398. The van der Waals surface area contributed by atoms with Crippen LogP contribution in [0.2, 0.25) is 0 Å². The van der Waals surface area contributed by atoms with Gasteiger partial charge in [0.2, 0.25) is 5.95 Å². The topological polar surface area (TPSA) is 72.8 Å². The summed E-state index contributed by atoms with van der Waals surface area (Å²) in [6, 6.07) is 7.02. The second kappa shape index (κ2) is 4.56. The smallest absolute Gasteiger partial charge is 0.260 e. The maximum atomic E-state index is 12.1. The molecule has 1 N–H and O–H groups in total. The number of fused-ring (bicyclic) bond motifs is 1. The van der Waals surface area contributed by atoms with Crippen molar-refractivity contribution in [2.24, 2.45) is 0 Å². The maximum Gasteiger partial charge on any atom is 0.260 e. The predicted molar refractivity (Wildman–Crippen MR) is 70.7 cm³/mol. The zero-order valence-electron chi connectivity index (χ0n) is 10.3. The molecule has 1 aromatic carbocycles. The molecule has 19 heavy (non-hydrogen) atoms.